The number of aromatic nitrogens is 1. The van der Waals surface area contributed by atoms with Crippen molar-refractivity contribution in [2.75, 3.05) is 0 Å². The Labute approximate surface area is 70.9 Å². The molecular formula is C9H10N2O. The van der Waals surface area contributed by atoms with Crippen LogP contribution in [0.5, 0.6) is 0 Å². The molecule has 0 radical (unpaired) electrons. The Kier molecular flexibility index (Phi) is 2.65. The molecule has 0 aromatic carbocycles. The van der Waals surface area contributed by atoms with Gasteiger partial charge in [-0.2, -0.15) is 5.26 Å². The van der Waals surface area contributed by atoms with Gasteiger partial charge in [-0.05, 0) is 18.6 Å². The summed E-state index contributed by atoms with van der Waals surface area (Å²) in [7, 11) is 0. The van der Waals surface area contributed by atoms with E-state index in [1.54, 1.807) is 12.3 Å². The van der Waals surface area contributed by atoms with Crippen molar-refractivity contribution in [2.45, 2.75) is 19.9 Å². The van der Waals surface area contributed by atoms with Crippen molar-refractivity contribution in [1.82, 2.24) is 4.57 Å². The minimum atomic E-state index is -0.0368. The van der Waals surface area contributed by atoms with E-state index in [4.69, 9.17) is 5.26 Å². The van der Waals surface area contributed by atoms with Gasteiger partial charge in [0.1, 0.15) is 0 Å². The van der Waals surface area contributed by atoms with Gasteiger partial charge in [-0.3, -0.25) is 4.79 Å². The highest BCUT2D eigenvalue weighted by Crippen LogP contribution is 1.91. The molecule has 0 fully saturated rings. The van der Waals surface area contributed by atoms with Gasteiger partial charge in [-0.25, -0.2) is 0 Å². The lowest BCUT2D eigenvalue weighted by atomic mass is 10.3. The molecule has 0 saturated heterocycles. The van der Waals surface area contributed by atoms with E-state index in [0.717, 1.165) is 5.56 Å². The third kappa shape index (κ3) is 1.96. The van der Waals surface area contributed by atoms with Crippen molar-refractivity contribution in [1.29, 1.82) is 5.26 Å². The summed E-state index contributed by atoms with van der Waals surface area (Å²) in [6.07, 6.45) is 2.10. The van der Waals surface area contributed by atoms with E-state index >= 15 is 0 Å². The van der Waals surface area contributed by atoms with Crippen LogP contribution in [0.1, 0.15) is 12.0 Å². The highest BCUT2D eigenvalue weighted by atomic mass is 16.1. The first-order valence-corrected chi connectivity index (χ1v) is 3.78. The second-order valence-electron chi connectivity index (χ2n) is 2.64. The van der Waals surface area contributed by atoms with Crippen molar-refractivity contribution in [3.63, 3.8) is 0 Å². The lowest BCUT2D eigenvalue weighted by molar-refractivity contribution is 0.684. The average Bonchev–Trinajstić information content (AvgIpc) is 2.03. The highest BCUT2D eigenvalue weighted by Gasteiger charge is 1.93. The lowest BCUT2D eigenvalue weighted by Crippen LogP contribution is -2.18. The van der Waals surface area contributed by atoms with Crippen LogP contribution in [0, 0.1) is 18.3 Å². The van der Waals surface area contributed by atoms with Crippen molar-refractivity contribution in [3.05, 3.63) is 34.2 Å². The Balaban J connectivity index is 2.89. The Morgan fingerprint density at radius 1 is 1.67 bits per heavy atom. The first kappa shape index (κ1) is 8.54. The van der Waals surface area contributed by atoms with Gasteiger partial charge in [0.2, 0.25) is 0 Å². The van der Waals surface area contributed by atoms with Crippen LogP contribution < -0.4 is 5.56 Å². The molecule has 0 atom stereocenters. The topological polar surface area (TPSA) is 45.8 Å². The van der Waals surface area contributed by atoms with E-state index in [1.165, 1.54) is 4.57 Å². The molecule has 0 aliphatic carbocycles. The first-order chi connectivity index (χ1) is 5.74. The fourth-order valence-corrected chi connectivity index (χ4v) is 0.962. The molecule has 0 saturated carbocycles. The van der Waals surface area contributed by atoms with E-state index in [-0.39, 0.29) is 5.56 Å². The second-order valence-corrected chi connectivity index (χ2v) is 2.64. The smallest absolute Gasteiger partial charge is 0.250 e. The lowest BCUT2D eigenvalue weighted by Gasteiger charge is -2.01. The summed E-state index contributed by atoms with van der Waals surface area (Å²) in [5, 5.41) is 8.31. The number of nitriles is 1. The predicted octanol–water partition coefficient (Wildman–Crippen LogP) is 1.07. The summed E-state index contributed by atoms with van der Waals surface area (Å²) in [4.78, 5) is 11.2. The van der Waals surface area contributed by atoms with E-state index < -0.39 is 0 Å². The SMILES string of the molecule is Cc1ccn(CCC#N)c(=O)c1. The zero-order valence-electron chi connectivity index (χ0n) is 6.95. The van der Waals surface area contributed by atoms with Gasteiger partial charge >= 0.3 is 0 Å². The molecule has 62 valence electrons. The van der Waals surface area contributed by atoms with Gasteiger partial charge < -0.3 is 4.57 Å². The zero-order valence-corrected chi connectivity index (χ0v) is 6.95. The highest BCUT2D eigenvalue weighted by molar-refractivity contribution is 5.08. The molecule has 0 amide bonds. The molecule has 1 rings (SSSR count). The molecule has 0 spiro atoms. The summed E-state index contributed by atoms with van der Waals surface area (Å²) < 4.78 is 1.54. The molecule has 1 aromatic heterocycles. The molecule has 1 heterocycles. The van der Waals surface area contributed by atoms with Crippen LogP contribution in [-0.4, -0.2) is 4.57 Å². The summed E-state index contributed by atoms with van der Waals surface area (Å²) in [6.45, 7) is 2.35. The fraction of sp³-hybridized carbons (Fsp3) is 0.333. The second kappa shape index (κ2) is 3.72. The molecule has 0 N–H and O–H groups in total. The number of rotatable bonds is 2. The zero-order chi connectivity index (χ0) is 8.97. The Morgan fingerprint density at radius 3 is 3.00 bits per heavy atom. The van der Waals surface area contributed by atoms with Crippen LogP contribution in [0.2, 0.25) is 0 Å². The van der Waals surface area contributed by atoms with Crippen molar-refractivity contribution in [2.24, 2.45) is 0 Å². The molecule has 0 bridgehead atoms. The van der Waals surface area contributed by atoms with Crippen LogP contribution in [0.3, 0.4) is 0 Å². The number of hydrogen-bond acceptors (Lipinski definition) is 2. The van der Waals surface area contributed by atoms with Gasteiger partial charge in [0.15, 0.2) is 0 Å². The predicted molar refractivity (Wildman–Crippen MR) is 45.7 cm³/mol. The molecule has 0 unspecified atom stereocenters. The Bertz CT molecular complexity index is 360. The minimum absolute atomic E-state index is 0.0368. The standard InChI is InChI=1S/C9H10N2O/c1-8-3-6-11(5-2-4-10)9(12)7-8/h3,6-7H,2,5H2,1H3. The van der Waals surface area contributed by atoms with Crippen molar-refractivity contribution < 1.29 is 0 Å². The average molecular weight is 162 g/mol. The number of hydrogen-bond donors (Lipinski definition) is 0. The van der Waals surface area contributed by atoms with Crippen LogP contribution in [-0.2, 0) is 6.54 Å². The third-order valence-electron chi connectivity index (χ3n) is 1.62. The van der Waals surface area contributed by atoms with Crippen molar-refractivity contribution >= 4 is 0 Å². The van der Waals surface area contributed by atoms with E-state index in [0.29, 0.717) is 13.0 Å². The van der Waals surface area contributed by atoms with Crippen LogP contribution >= 0.6 is 0 Å². The van der Waals surface area contributed by atoms with Gasteiger partial charge in [0.25, 0.3) is 5.56 Å². The van der Waals surface area contributed by atoms with Crippen LogP contribution in [0.4, 0.5) is 0 Å². The number of nitrogens with zero attached hydrogens (tertiary/aromatic N) is 2. The van der Waals surface area contributed by atoms with Gasteiger partial charge in [-0.1, -0.05) is 0 Å². The molecular weight excluding hydrogens is 152 g/mol. The maximum Gasteiger partial charge on any atom is 0.250 e. The van der Waals surface area contributed by atoms with E-state index in [2.05, 4.69) is 0 Å². The summed E-state index contributed by atoms with van der Waals surface area (Å²) in [5.74, 6) is 0. The van der Waals surface area contributed by atoms with E-state index in [1.807, 2.05) is 19.1 Å². The van der Waals surface area contributed by atoms with Crippen LogP contribution in [0.15, 0.2) is 23.1 Å². The minimum Gasteiger partial charge on any atom is -0.314 e. The van der Waals surface area contributed by atoms with Gasteiger partial charge in [0.05, 0.1) is 12.5 Å². The monoisotopic (exact) mass is 162 g/mol. The first-order valence-electron chi connectivity index (χ1n) is 3.78. The molecule has 12 heavy (non-hydrogen) atoms. The summed E-state index contributed by atoms with van der Waals surface area (Å²) >= 11 is 0. The summed E-state index contributed by atoms with van der Waals surface area (Å²) in [6, 6.07) is 5.43. The maximum absolute atomic E-state index is 11.2. The third-order valence-corrected chi connectivity index (χ3v) is 1.62. The van der Waals surface area contributed by atoms with Gasteiger partial charge in [0, 0.05) is 18.8 Å². The quantitative estimate of drug-likeness (QED) is 0.653. The number of pyridine rings is 1. The fourth-order valence-electron chi connectivity index (χ4n) is 0.962. The van der Waals surface area contributed by atoms with Gasteiger partial charge in [-0.15, -0.1) is 0 Å². The number of aryl methyl sites for hydroxylation is 2. The van der Waals surface area contributed by atoms with Crippen molar-refractivity contribution in [3.8, 4) is 6.07 Å². The summed E-state index contributed by atoms with van der Waals surface area (Å²) in [5.41, 5.74) is 0.915. The van der Waals surface area contributed by atoms with Crippen LogP contribution in [0.25, 0.3) is 0 Å². The molecule has 1 aromatic rings. The molecule has 0 aliphatic heterocycles. The molecule has 0 aliphatic rings. The Morgan fingerprint density at radius 2 is 2.42 bits per heavy atom. The Hall–Kier alpha value is -1.56. The molecule has 3 nitrogen and oxygen atoms in total. The molecule has 3 heteroatoms. The normalized spacial score (nSPS) is 9.33. The van der Waals surface area contributed by atoms with E-state index in [9.17, 15) is 4.79 Å². The maximum atomic E-state index is 11.2. The largest absolute Gasteiger partial charge is 0.314 e.